The number of tetrazole rings is 1. The van der Waals surface area contributed by atoms with E-state index in [1.54, 1.807) is 17.1 Å². The van der Waals surface area contributed by atoms with E-state index in [2.05, 4.69) is 27.4 Å². The van der Waals surface area contributed by atoms with Crippen molar-refractivity contribution in [1.29, 1.82) is 0 Å². The Labute approximate surface area is 158 Å². The smallest absolute Gasteiger partial charge is 0.253 e. The van der Waals surface area contributed by atoms with Crippen LogP contribution in [0.2, 0.25) is 0 Å². The number of carbonyl (C=O) groups is 1. The van der Waals surface area contributed by atoms with E-state index in [1.807, 2.05) is 35.2 Å². The third-order valence-electron chi connectivity index (χ3n) is 4.75. The molecule has 0 radical (unpaired) electrons. The van der Waals surface area contributed by atoms with Gasteiger partial charge in [0.15, 0.2) is 0 Å². The van der Waals surface area contributed by atoms with E-state index >= 15 is 0 Å². The van der Waals surface area contributed by atoms with Crippen LogP contribution >= 0.6 is 0 Å². The van der Waals surface area contributed by atoms with Crippen molar-refractivity contribution in [1.82, 2.24) is 30.1 Å². The van der Waals surface area contributed by atoms with Gasteiger partial charge in [0.25, 0.3) is 5.91 Å². The zero-order valence-corrected chi connectivity index (χ0v) is 15.3. The molecule has 2 heterocycles. The first-order valence-electron chi connectivity index (χ1n) is 9.32. The molecular formula is C20H22N6O. The molecule has 0 atom stereocenters. The van der Waals surface area contributed by atoms with Crippen LogP contribution < -0.4 is 0 Å². The Balaban J connectivity index is 1.74. The van der Waals surface area contributed by atoms with Gasteiger partial charge in [-0.3, -0.25) is 9.78 Å². The van der Waals surface area contributed by atoms with Gasteiger partial charge >= 0.3 is 0 Å². The van der Waals surface area contributed by atoms with Crippen LogP contribution in [0.25, 0.3) is 16.8 Å². The van der Waals surface area contributed by atoms with Crippen molar-refractivity contribution in [2.24, 2.45) is 5.92 Å². The Morgan fingerprint density at radius 1 is 1.19 bits per heavy atom. The molecular weight excluding hydrogens is 340 g/mol. The maximum Gasteiger partial charge on any atom is 0.253 e. The normalized spacial score (nSPS) is 13.5. The molecule has 7 heteroatoms. The summed E-state index contributed by atoms with van der Waals surface area (Å²) in [5, 5.41) is 11.4. The molecule has 138 valence electrons. The minimum absolute atomic E-state index is 0.0639. The second-order valence-electron chi connectivity index (χ2n) is 6.95. The number of carbonyl (C=O) groups excluding carboxylic acids is 1. The summed E-state index contributed by atoms with van der Waals surface area (Å²) in [6, 6.07) is 9.65. The third-order valence-corrected chi connectivity index (χ3v) is 4.75. The molecule has 1 aromatic carbocycles. The first-order valence-corrected chi connectivity index (χ1v) is 9.32. The molecule has 1 amide bonds. The number of hydrogen-bond acceptors (Lipinski definition) is 5. The standard InChI is InChI=1S/C20H22N6O/c1-2-9-25(13-15-3-4-15)20(27)18-10-17(16-5-7-21-8-6-16)11-19(12-18)26-14-22-23-24-26/h5-8,10-12,14-15H,2-4,9,13H2,1H3. The molecule has 27 heavy (non-hydrogen) atoms. The first-order chi connectivity index (χ1) is 13.2. The van der Waals surface area contributed by atoms with Gasteiger partial charge in [-0.25, -0.2) is 4.68 Å². The number of rotatable bonds is 7. The van der Waals surface area contributed by atoms with E-state index in [4.69, 9.17) is 0 Å². The summed E-state index contributed by atoms with van der Waals surface area (Å²) in [4.78, 5) is 19.3. The van der Waals surface area contributed by atoms with E-state index in [1.165, 1.54) is 19.2 Å². The lowest BCUT2D eigenvalue weighted by Crippen LogP contribution is -2.33. The van der Waals surface area contributed by atoms with Crippen LogP contribution in [0.5, 0.6) is 0 Å². The highest BCUT2D eigenvalue weighted by molar-refractivity contribution is 5.96. The molecule has 0 N–H and O–H groups in total. The van der Waals surface area contributed by atoms with Crippen molar-refractivity contribution < 1.29 is 4.79 Å². The SMILES string of the molecule is CCCN(CC1CC1)C(=O)c1cc(-c2ccncc2)cc(-n2cnnn2)c1. The summed E-state index contributed by atoms with van der Waals surface area (Å²) in [7, 11) is 0. The molecule has 1 aliphatic carbocycles. The molecule has 1 saturated carbocycles. The van der Waals surface area contributed by atoms with Crippen LogP contribution in [0.15, 0.2) is 49.1 Å². The lowest BCUT2D eigenvalue weighted by molar-refractivity contribution is 0.0747. The van der Waals surface area contributed by atoms with Crippen LogP contribution in [0, 0.1) is 5.92 Å². The lowest BCUT2D eigenvalue weighted by Gasteiger charge is -2.23. The highest BCUT2D eigenvalue weighted by Gasteiger charge is 2.27. The minimum Gasteiger partial charge on any atom is -0.338 e. The van der Waals surface area contributed by atoms with E-state index in [0.29, 0.717) is 11.5 Å². The van der Waals surface area contributed by atoms with Crippen LogP contribution in [0.1, 0.15) is 36.5 Å². The van der Waals surface area contributed by atoms with Gasteiger partial charge in [-0.2, -0.15) is 0 Å². The Bertz CT molecular complexity index is 905. The summed E-state index contributed by atoms with van der Waals surface area (Å²) >= 11 is 0. The highest BCUT2D eigenvalue weighted by Crippen LogP contribution is 2.31. The van der Waals surface area contributed by atoms with Crippen molar-refractivity contribution in [3.63, 3.8) is 0 Å². The Kier molecular flexibility index (Phi) is 4.91. The van der Waals surface area contributed by atoms with Gasteiger partial charge in [-0.15, -0.1) is 5.10 Å². The van der Waals surface area contributed by atoms with E-state index < -0.39 is 0 Å². The summed E-state index contributed by atoms with van der Waals surface area (Å²) in [5.74, 6) is 0.719. The summed E-state index contributed by atoms with van der Waals surface area (Å²) in [5.41, 5.74) is 3.36. The largest absolute Gasteiger partial charge is 0.338 e. The summed E-state index contributed by atoms with van der Waals surface area (Å²) in [6.07, 6.45) is 8.42. The first kappa shape index (κ1) is 17.3. The molecule has 3 aromatic rings. The Morgan fingerprint density at radius 3 is 2.67 bits per heavy atom. The molecule has 0 spiro atoms. The number of pyridine rings is 1. The van der Waals surface area contributed by atoms with Crippen LogP contribution in [0.4, 0.5) is 0 Å². The van der Waals surface area contributed by atoms with E-state index in [-0.39, 0.29) is 5.91 Å². The minimum atomic E-state index is 0.0639. The fourth-order valence-corrected chi connectivity index (χ4v) is 3.20. The van der Waals surface area contributed by atoms with Crippen molar-refractivity contribution in [3.05, 3.63) is 54.6 Å². The van der Waals surface area contributed by atoms with Gasteiger partial charge in [0.2, 0.25) is 0 Å². The fourth-order valence-electron chi connectivity index (χ4n) is 3.20. The quantitative estimate of drug-likeness (QED) is 0.646. The van der Waals surface area contributed by atoms with Crippen LogP contribution in [0.3, 0.4) is 0 Å². The van der Waals surface area contributed by atoms with Crippen molar-refractivity contribution in [3.8, 4) is 16.8 Å². The summed E-state index contributed by atoms with van der Waals surface area (Å²) < 4.78 is 1.58. The number of aromatic nitrogens is 5. The van der Waals surface area contributed by atoms with Crippen molar-refractivity contribution in [2.45, 2.75) is 26.2 Å². The molecule has 1 fully saturated rings. The molecule has 0 saturated heterocycles. The molecule has 0 bridgehead atoms. The zero-order chi connectivity index (χ0) is 18.6. The number of nitrogens with zero attached hydrogens (tertiary/aromatic N) is 6. The predicted octanol–water partition coefficient (Wildman–Crippen LogP) is 2.99. The number of hydrogen-bond donors (Lipinski definition) is 0. The van der Waals surface area contributed by atoms with Crippen LogP contribution in [-0.4, -0.2) is 49.1 Å². The Hall–Kier alpha value is -3.09. The molecule has 7 nitrogen and oxygen atoms in total. The van der Waals surface area contributed by atoms with Gasteiger partial charge in [-0.05, 0) is 77.1 Å². The van der Waals surface area contributed by atoms with E-state index in [0.717, 1.165) is 36.3 Å². The van der Waals surface area contributed by atoms with Gasteiger partial charge < -0.3 is 4.90 Å². The van der Waals surface area contributed by atoms with Crippen molar-refractivity contribution >= 4 is 5.91 Å². The lowest BCUT2D eigenvalue weighted by atomic mass is 10.0. The zero-order valence-electron chi connectivity index (χ0n) is 15.3. The molecule has 0 aliphatic heterocycles. The van der Waals surface area contributed by atoms with Gasteiger partial charge in [-0.1, -0.05) is 6.92 Å². The van der Waals surface area contributed by atoms with Gasteiger partial charge in [0.1, 0.15) is 6.33 Å². The molecule has 0 unspecified atom stereocenters. The second-order valence-corrected chi connectivity index (χ2v) is 6.95. The number of benzene rings is 1. The van der Waals surface area contributed by atoms with Gasteiger partial charge in [0, 0.05) is 31.0 Å². The van der Waals surface area contributed by atoms with Crippen molar-refractivity contribution in [2.75, 3.05) is 13.1 Å². The van der Waals surface area contributed by atoms with E-state index in [9.17, 15) is 4.79 Å². The predicted molar refractivity (Wildman–Crippen MR) is 101 cm³/mol. The topological polar surface area (TPSA) is 76.8 Å². The number of amides is 1. The average Bonchev–Trinajstić information content (AvgIpc) is 3.36. The Morgan fingerprint density at radius 2 is 2.00 bits per heavy atom. The maximum atomic E-state index is 13.3. The third kappa shape index (κ3) is 4.02. The van der Waals surface area contributed by atoms with Gasteiger partial charge in [0.05, 0.1) is 5.69 Å². The molecule has 4 rings (SSSR count). The highest BCUT2D eigenvalue weighted by atomic mass is 16.2. The van der Waals surface area contributed by atoms with Crippen LogP contribution in [-0.2, 0) is 0 Å². The molecule has 2 aromatic heterocycles. The monoisotopic (exact) mass is 362 g/mol. The average molecular weight is 362 g/mol. The summed E-state index contributed by atoms with van der Waals surface area (Å²) in [6.45, 7) is 3.72. The maximum absolute atomic E-state index is 13.3. The second kappa shape index (κ2) is 7.65. The molecule has 1 aliphatic rings. The fraction of sp³-hybridized carbons (Fsp3) is 0.350.